The van der Waals surface area contributed by atoms with Gasteiger partial charge in [-0.3, -0.25) is 15.1 Å². The molecule has 1 aromatic heterocycles. The third-order valence-corrected chi connectivity index (χ3v) is 2.81. The predicted octanol–water partition coefficient (Wildman–Crippen LogP) is 2.70. The summed E-state index contributed by atoms with van der Waals surface area (Å²) in [7, 11) is 0. The molecule has 0 bridgehead atoms. The second-order valence-corrected chi connectivity index (χ2v) is 4.42. The number of nitrogens with one attached hydrogen (secondary N) is 1. The molecule has 0 spiro atoms. The number of aryl methyl sites for hydroxylation is 1. The third kappa shape index (κ3) is 3.88. The molecule has 0 aliphatic carbocycles. The third-order valence-electron chi connectivity index (χ3n) is 2.81. The summed E-state index contributed by atoms with van der Waals surface area (Å²) in [4.78, 5) is 18.7. The number of non-ortho nitro benzene ring substituents is 1. The van der Waals surface area contributed by atoms with E-state index in [-0.39, 0.29) is 12.3 Å². The first kappa shape index (κ1) is 14.7. The number of nitro benzene ring substituents is 1. The molecule has 2 rings (SSSR count). The molecule has 0 atom stereocenters. The molecule has 0 radical (unpaired) electrons. The van der Waals surface area contributed by atoms with Gasteiger partial charge in [-0.1, -0.05) is 0 Å². The zero-order valence-corrected chi connectivity index (χ0v) is 11.9. The summed E-state index contributed by atoms with van der Waals surface area (Å²) in [5, 5.41) is 13.7. The van der Waals surface area contributed by atoms with Crippen molar-refractivity contribution in [2.24, 2.45) is 0 Å². The molecule has 0 unspecified atom stereocenters. The largest absolute Gasteiger partial charge is 0.487 e. The first-order valence-electron chi connectivity index (χ1n) is 6.52. The van der Waals surface area contributed by atoms with Crippen LogP contribution in [0, 0.1) is 17.0 Å². The number of ether oxygens (including phenoxy) is 1. The Hall–Kier alpha value is -2.70. The van der Waals surface area contributed by atoms with Crippen molar-refractivity contribution in [1.29, 1.82) is 0 Å². The highest BCUT2D eigenvalue weighted by atomic mass is 16.6. The van der Waals surface area contributed by atoms with Crippen LogP contribution in [0.3, 0.4) is 0 Å². The molecule has 0 saturated heterocycles. The van der Waals surface area contributed by atoms with Crippen molar-refractivity contribution in [3.63, 3.8) is 0 Å². The zero-order valence-electron chi connectivity index (χ0n) is 11.9. The number of anilines is 1. The van der Waals surface area contributed by atoms with Crippen LogP contribution in [-0.2, 0) is 6.61 Å². The second-order valence-electron chi connectivity index (χ2n) is 4.42. The molecule has 0 aliphatic rings. The molecule has 7 nitrogen and oxygen atoms in total. The molecule has 1 N–H and O–H groups in total. The molecule has 21 heavy (non-hydrogen) atoms. The summed E-state index contributed by atoms with van der Waals surface area (Å²) in [6.45, 7) is 4.79. The van der Waals surface area contributed by atoms with Gasteiger partial charge in [-0.15, -0.1) is 0 Å². The van der Waals surface area contributed by atoms with Crippen LogP contribution >= 0.6 is 0 Å². The molecule has 0 saturated carbocycles. The number of nitro groups is 1. The maximum absolute atomic E-state index is 10.7. The normalized spacial score (nSPS) is 10.2. The van der Waals surface area contributed by atoms with Crippen molar-refractivity contribution in [2.45, 2.75) is 20.5 Å². The Morgan fingerprint density at radius 1 is 1.33 bits per heavy atom. The van der Waals surface area contributed by atoms with E-state index < -0.39 is 4.92 Å². The van der Waals surface area contributed by atoms with E-state index in [0.717, 1.165) is 6.54 Å². The van der Waals surface area contributed by atoms with Crippen molar-refractivity contribution < 1.29 is 9.66 Å². The highest BCUT2D eigenvalue weighted by Crippen LogP contribution is 2.23. The van der Waals surface area contributed by atoms with E-state index in [0.29, 0.717) is 22.8 Å². The van der Waals surface area contributed by atoms with Gasteiger partial charge in [0.15, 0.2) is 0 Å². The van der Waals surface area contributed by atoms with Crippen LogP contribution in [0.25, 0.3) is 0 Å². The first-order valence-corrected chi connectivity index (χ1v) is 6.52. The van der Waals surface area contributed by atoms with Gasteiger partial charge in [0.2, 0.25) is 0 Å². The molecule has 1 aromatic carbocycles. The lowest BCUT2D eigenvalue weighted by atomic mass is 10.2. The Balaban J connectivity index is 2.01. The average Bonchev–Trinajstić information content (AvgIpc) is 2.47. The SMILES string of the molecule is CCNc1cnc(COc2ccc([N+](=O)[O-])cc2C)cn1. The number of aromatic nitrogens is 2. The van der Waals surface area contributed by atoms with E-state index in [4.69, 9.17) is 4.74 Å². The molecular weight excluding hydrogens is 272 g/mol. The minimum Gasteiger partial charge on any atom is -0.487 e. The van der Waals surface area contributed by atoms with Crippen molar-refractivity contribution in [2.75, 3.05) is 11.9 Å². The Morgan fingerprint density at radius 3 is 2.71 bits per heavy atom. The summed E-state index contributed by atoms with van der Waals surface area (Å²) in [5.41, 5.74) is 1.45. The van der Waals surface area contributed by atoms with Gasteiger partial charge in [-0.25, -0.2) is 4.98 Å². The number of hydrogen-bond acceptors (Lipinski definition) is 6. The summed E-state index contributed by atoms with van der Waals surface area (Å²) in [5.74, 6) is 1.31. The van der Waals surface area contributed by atoms with Crippen molar-refractivity contribution in [3.8, 4) is 5.75 Å². The Kier molecular flexibility index (Phi) is 4.65. The van der Waals surface area contributed by atoms with E-state index in [1.807, 2.05) is 6.92 Å². The maximum Gasteiger partial charge on any atom is 0.269 e. The fraction of sp³-hybridized carbons (Fsp3) is 0.286. The lowest BCUT2D eigenvalue weighted by Gasteiger charge is -2.08. The van der Waals surface area contributed by atoms with Crippen LogP contribution < -0.4 is 10.1 Å². The van der Waals surface area contributed by atoms with Gasteiger partial charge in [0, 0.05) is 18.7 Å². The number of nitrogens with zero attached hydrogens (tertiary/aromatic N) is 3. The fourth-order valence-corrected chi connectivity index (χ4v) is 1.76. The van der Waals surface area contributed by atoms with Crippen LogP contribution in [0.1, 0.15) is 18.2 Å². The minimum absolute atomic E-state index is 0.0506. The number of hydrogen-bond donors (Lipinski definition) is 1. The minimum atomic E-state index is -0.429. The maximum atomic E-state index is 10.7. The molecule has 2 aromatic rings. The van der Waals surface area contributed by atoms with E-state index in [1.165, 1.54) is 12.1 Å². The van der Waals surface area contributed by atoms with Gasteiger partial charge in [0.05, 0.1) is 23.0 Å². The van der Waals surface area contributed by atoms with Crippen molar-refractivity contribution in [1.82, 2.24) is 9.97 Å². The molecule has 110 valence electrons. The van der Waals surface area contributed by atoms with E-state index in [1.54, 1.807) is 25.4 Å². The van der Waals surface area contributed by atoms with Crippen LogP contribution in [0.2, 0.25) is 0 Å². The summed E-state index contributed by atoms with van der Waals surface area (Å²) < 4.78 is 5.61. The summed E-state index contributed by atoms with van der Waals surface area (Å²) in [6, 6.07) is 4.49. The van der Waals surface area contributed by atoms with Gasteiger partial charge >= 0.3 is 0 Å². The second kappa shape index (κ2) is 6.65. The van der Waals surface area contributed by atoms with Crippen LogP contribution in [0.5, 0.6) is 5.75 Å². The monoisotopic (exact) mass is 288 g/mol. The molecule has 1 heterocycles. The van der Waals surface area contributed by atoms with E-state index in [2.05, 4.69) is 15.3 Å². The molecule has 7 heteroatoms. The van der Waals surface area contributed by atoms with Gasteiger partial charge in [-0.2, -0.15) is 0 Å². The zero-order chi connectivity index (χ0) is 15.2. The quantitative estimate of drug-likeness (QED) is 0.649. The lowest BCUT2D eigenvalue weighted by Crippen LogP contribution is -2.04. The number of benzene rings is 1. The average molecular weight is 288 g/mol. The van der Waals surface area contributed by atoms with Crippen LogP contribution in [0.15, 0.2) is 30.6 Å². The van der Waals surface area contributed by atoms with Crippen LogP contribution in [0.4, 0.5) is 11.5 Å². The van der Waals surface area contributed by atoms with Gasteiger partial charge in [0.1, 0.15) is 18.2 Å². The Bertz CT molecular complexity index is 629. The van der Waals surface area contributed by atoms with Gasteiger partial charge in [-0.05, 0) is 25.5 Å². The highest BCUT2D eigenvalue weighted by molar-refractivity contribution is 5.43. The predicted molar refractivity (Wildman–Crippen MR) is 78.4 cm³/mol. The van der Waals surface area contributed by atoms with Gasteiger partial charge < -0.3 is 10.1 Å². The molecule has 0 fully saturated rings. The lowest BCUT2D eigenvalue weighted by molar-refractivity contribution is -0.384. The molecule has 0 amide bonds. The van der Waals surface area contributed by atoms with E-state index >= 15 is 0 Å². The van der Waals surface area contributed by atoms with Gasteiger partial charge in [0.25, 0.3) is 5.69 Å². The smallest absolute Gasteiger partial charge is 0.269 e. The van der Waals surface area contributed by atoms with Crippen molar-refractivity contribution >= 4 is 11.5 Å². The fourth-order valence-electron chi connectivity index (χ4n) is 1.76. The summed E-state index contributed by atoms with van der Waals surface area (Å²) in [6.07, 6.45) is 3.28. The van der Waals surface area contributed by atoms with Crippen LogP contribution in [-0.4, -0.2) is 21.4 Å². The topological polar surface area (TPSA) is 90.2 Å². The van der Waals surface area contributed by atoms with Crippen molar-refractivity contribution in [3.05, 3.63) is 52.0 Å². The molecular formula is C14H16N4O3. The number of rotatable bonds is 6. The first-order chi connectivity index (χ1) is 10.1. The Labute approximate surface area is 122 Å². The summed E-state index contributed by atoms with van der Waals surface area (Å²) >= 11 is 0. The highest BCUT2D eigenvalue weighted by Gasteiger charge is 2.09. The molecule has 0 aliphatic heterocycles. The Morgan fingerprint density at radius 2 is 2.14 bits per heavy atom. The standard InChI is InChI=1S/C14H16N4O3/c1-3-15-14-8-16-11(7-17-14)9-21-13-5-4-12(18(19)20)6-10(13)2/h4-8H,3,9H2,1-2H3,(H,15,17). The van der Waals surface area contributed by atoms with E-state index in [9.17, 15) is 10.1 Å².